The molecule has 0 aliphatic carbocycles. The molecule has 0 bridgehead atoms. The number of aryl methyl sites for hydroxylation is 2. The maximum atomic E-state index is 2.30. The molecule has 0 aliphatic rings. The molecule has 14 heavy (non-hydrogen) atoms. The maximum Gasteiger partial charge on any atom is 0.0348 e. The van der Waals surface area contributed by atoms with Crippen molar-refractivity contribution in [1.82, 2.24) is 0 Å². The van der Waals surface area contributed by atoms with Crippen molar-refractivity contribution in [2.45, 2.75) is 34.1 Å². The number of rotatable bonds is 1. The summed E-state index contributed by atoms with van der Waals surface area (Å²) in [7, 11) is 0. The van der Waals surface area contributed by atoms with Crippen molar-refractivity contribution in [2.24, 2.45) is 0 Å². The number of hydrogen-bond acceptors (Lipinski definition) is 1. The Labute approximate surface area is 90.6 Å². The normalized spacial score (nSPS) is 9.71. The van der Waals surface area contributed by atoms with Crippen molar-refractivity contribution in [3.8, 4) is 0 Å². The predicted octanol–water partition coefficient (Wildman–Crippen LogP) is 4.80. The Morgan fingerprint density at radius 2 is 1.86 bits per heavy atom. The van der Waals surface area contributed by atoms with E-state index in [2.05, 4.69) is 38.1 Å². The van der Waals surface area contributed by atoms with Crippen molar-refractivity contribution in [2.75, 3.05) is 0 Å². The van der Waals surface area contributed by atoms with E-state index in [1.165, 1.54) is 20.5 Å². The first-order valence-corrected chi connectivity index (χ1v) is 6.10. The Bertz CT molecular complexity index is 399. The average molecular weight is 206 g/mol. The van der Waals surface area contributed by atoms with Crippen LogP contribution < -0.4 is 0 Å². The topological polar surface area (TPSA) is 0 Å². The van der Waals surface area contributed by atoms with Gasteiger partial charge in [-0.05, 0) is 36.4 Å². The minimum Gasteiger partial charge on any atom is -0.141 e. The zero-order valence-corrected chi connectivity index (χ0v) is 10.2. The van der Waals surface area contributed by atoms with Crippen molar-refractivity contribution in [3.05, 3.63) is 34.7 Å². The first kappa shape index (κ1) is 11.3. The highest BCUT2D eigenvalue weighted by Crippen LogP contribution is 2.25. The van der Waals surface area contributed by atoms with E-state index in [0.717, 1.165) is 6.42 Å². The Kier molecular flexibility index (Phi) is 4.15. The van der Waals surface area contributed by atoms with Gasteiger partial charge in [-0.3, -0.25) is 0 Å². The van der Waals surface area contributed by atoms with E-state index < -0.39 is 0 Å². The third kappa shape index (κ3) is 2.36. The van der Waals surface area contributed by atoms with Crippen molar-refractivity contribution in [1.29, 1.82) is 0 Å². The van der Waals surface area contributed by atoms with E-state index in [-0.39, 0.29) is 0 Å². The Balaban J connectivity index is 0.000000461. The highest BCUT2D eigenvalue weighted by molar-refractivity contribution is 7.19. The Hall–Kier alpha value is -0.820. The summed E-state index contributed by atoms with van der Waals surface area (Å²) in [5.74, 6) is 0. The first-order valence-electron chi connectivity index (χ1n) is 5.28. The van der Waals surface area contributed by atoms with Gasteiger partial charge in [-0.1, -0.05) is 32.9 Å². The third-order valence-corrected chi connectivity index (χ3v) is 3.13. The lowest BCUT2D eigenvalue weighted by atomic mass is 10.1. The highest BCUT2D eigenvalue weighted by Gasteiger charge is 1.98. The second-order valence-electron chi connectivity index (χ2n) is 3.08. The SMILES string of the molecule is CC.CCc1ccc2cc(C)sc2c1. The number of thiophene rings is 1. The maximum absolute atomic E-state index is 2.30. The molecule has 0 nitrogen and oxygen atoms in total. The zero-order chi connectivity index (χ0) is 10.6. The smallest absolute Gasteiger partial charge is 0.0348 e. The fraction of sp³-hybridized carbons (Fsp3) is 0.385. The number of benzene rings is 1. The summed E-state index contributed by atoms with van der Waals surface area (Å²) in [5, 5.41) is 1.38. The second-order valence-corrected chi connectivity index (χ2v) is 4.37. The lowest BCUT2D eigenvalue weighted by Crippen LogP contribution is -1.75. The van der Waals surface area contributed by atoms with Crippen LogP contribution in [0.15, 0.2) is 24.3 Å². The molecule has 76 valence electrons. The van der Waals surface area contributed by atoms with E-state index in [0.29, 0.717) is 0 Å². The molecule has 0 spiro atoms. The molecule has 1 heterocycles. The van der Waals surface area contributed by atoms with Crippen molar-refractivity contribution < 1.29 is 0 Å². The largest absolute Gasteiger partial charge is 0.141 e. The molecule has 0 aliphatic heterocycles. The van der Waals surface area contributed by atoms with Gasteiger partial charge in [-0.25, -0.2) is 0 Å². The molecular formula is C13H18S. The summed E-state index contributed by atoms with van der Waals surface area (Å²) in [4.78, 5) is 1.40. The van der Waals surface area contributed by atoms with Crippen LogP contribution in [0.25, 0.3) is 10.1 Å². The number of hydrogen-bond donors (Lipinski definition) is 0. The molecule has 2 aromatic rings. The summed E-state index contributed by atoms with van der Waals surface area (Å²) in [6.45, 7) is 8.36. The van der Waals surface area contributed by atoms with E-state index in [1.54, 1.807) is 0 Å². The highest BCUT2D eigenvalue weighted by atomic mass is 32.1. The van der Waals surface area contributed by atoms with E-state index in [9.17, 15) is 0 Å². The summed E-state index contributed by atoms with van der Waals surface area (Å²) >= 11 is 1.88. The molecule has 0 N–H and O–H groups in total. The van der Waals surface area contributed by atoms with Crippen LogP contribution in [-0.2, 0) is 6.42 Å². The van der Waals surface area contributed by atoms with Gasteiger partial charge in [0.05, 0.1) is 0 Å². The van der Waals surface area contributed by atoms with Crippen molar-refractivity contribution >= 4 is 21.4 Å². The van der Waals surface area contributed by atoms with Crippen LogP contribution >= 0.6 is 11.3 Å². The fourth-order valence-electron chi connectivity index (χ4n) is 1.43. The quantitative estimate of drug-likeness (QED) is 0.629. The molecule has 1 aromatic carbocycles. The van der Waals surface area contributed by atoms with Gasteiger partial charge >= 0.3 is 0 Å². The molecule has 1 heteroatoms. The molecule has 2 rings (SSSR count). The third-order valence-electron chi connectivity index (χ3n) is 2.12. The first-order chi connectivity index (χ1) is 6.79. The molecular weight excluding hydrogens is 188 g/mol. The molecule has 0 unspecified atom stereocenters. The lowest BCUT2D eigenvalue weighted by Gasteiger charge is -1.94. The lowest BCUT2D eigenvalue weighted by molar-refractivity contribution is 1.15. The molecule has 0 saturated carbocycles. The molecule has 0 amide bonds. The number of fused-ring (bicyclic) bond motifs is 1. The molecule has 0 atom stereocenters. The van der Waals surface area contributed by atoms with Crippen LogP contribution in [0.5, 0.6) is 0 Å². The average Bonchev–Trinajstić information content (AvgIpc) is 2.59. The van der Waals surface area contributed by atoms with Gasteiger partial charge < -0.3 is 0 Å². The fourth-order valence-corrected chi connectivity index (χ4v) is 2.42. The van der Waals surface area contributed by atoms with Gasteiger partial charge in [-0.15, -0.1) is 11.3 Å². The molecule has 0 saturated heterocycles. The van der Waals surface area contributed by atoms with Crippen molar-refractivity contribution in [3.63, 3.8) is 0 Å². The zero-order valence-electron chi connectivity index (χ0n) is 9.42. The second kappa shape index (κ2) is 5.16. The van der Waals surface area contributed by atoms with Gasteiger partial charge in [0, 0.05) is 9.58 Å². The van der Waals surface area contributed by atoms with Crippen LogP contribution in [0.4, 0.5) is 0 Å². The summed E-state index contributed by atoms with van der Waals surface area (Å²) in [6.07, 6.45) is 1.13. The van der Waals surface area contributed by atoms with Crippen LogP contribution in [0.1, 0.15) is 31.2 Å². The molecule has 1 aromatic heterocycles. The van der Waals surface area contributed by atoms with Gasteiger partial charge in [0.1, 0.15) is 0 Å². The van der Waals surface area contributed by atoms with Crippen LogP contribution in [-0.4, -0.2) is 0 Å². The van der Waals surface area contributed by atoms with Crippen LogP contribution in [0.2, 0.25) is 0 Å². The van der Waals surface area contributed by atoms with Crippen LogP contribution in [0, 0.1) is 6.92 Å². The van der Waals surface area contributed by atoms with Gasteiger partial charge in [-0.2, -0.15) is 0 Å². The molecule has 0 radical (unpaired) electrons. The Morgan fingerprint density at radius 1 is 1.14 bits per heavy atom. The minimum atomic E-state index is 1.13. The molecule has 0 fully saturated rings. The van der Waals surface area contributed by atoms with E-state index in [1.807, 2.05) is 25.2 Å². The minimum absolute atomic E-state index is 1.13. The van der Waals surface area contributed by atoms with Gasteiger partial charge in [0.25, 0.3) is 0 Å². The summed E-state index contributed by atoms with van der Waals surface area (Å²) in [5.41, 5.74) is 1.43. The van der Waals surface area contributed by atoms with Gasteiger partial charge in [0.2, 0.25) is 0 Å². The van der Waals surface area contributed by atoms with E-state index >= 15 is 0 Å². The standard InChI is InChI=1S/C11H12S.C2H6/c1-3-9-4-5-10-6-8(2)12-11(10)7-9;1-2/h4-7H,3H2,1-2H3;1-2H3. The summed E-state index contributed by atoms with van der Waals surface area (Å²) < 4.78 is 1.42. The summed E-state index contributed by atoms with van der Waals surface area (Å²) in [6, 6.07) is 8.98. The Morgan fingerprint density at radius 3 is 2.50 bits per heavy atom. The predicted molar refractivity (Wildman–Crippen MR) is 67.3 cm³/mol. The monoisotopic (exact) mass is 206 g/mol. The van der Waals surface area contributed by atoms with Crippen LogP contribution in [0.3, 0.4) is 0 Å². The van der Waals surface area contributed by atoms with E-state index in [4.69, 9.17) is 0 Å². The van der Waals surface area contributed by atoms with Gasteiger partial charge in [0.15, 0.2) is 0 Å².